The zero-order chi connectivity index (χ0) is 20.1. The number of amides is 2. The predicted octanol–water partition coefficient (Wildman–Crippen LogP) is 3.10. The topological polar surface area (TPSA) is 79.4 Å². The number of methoxy groups -OCH3 is 1. The number of anilines is 1. The summed E-state index contributed by atoms with van der Waals surface area (Å²) in [7, 11) is 1.55. The predicted molar refractivity (Wildman–Crippen MR) is 103 cm³/mol. The molecule has 1 fully saturated rings. The normalized spacial score (nSPS) is 20.2. The molecule has 3 rings (SSSR count). The second-order valence-corrected chi connectivity index (χ2v) is 7.51. The summed E-state index contributed by atoms with van der Waals surface area (Å²) in [6.07, 6.45) is -0.245. The number of hydrogen-bond acceptors (Lipinski definition) is 6. The SMILES string of the molecule is COc1ccc([C@@H]2CN(CC(F)F)CC[C@H]2NC(=O)Nc2cc(C)ns2)nc1. The number of carbonyl (C=O) groups is 1. The van der Waals surface area contributed by atoms with Crippen molar-refractivity contribution in [3.05, 3.63) is 35.8 Å². The van der Waals surface area contributed by atoms with Gasteiger partial charge in [-0.05, 0) is 43.1 Å². The Balaban J connectivity index is 1.71. The Kier molecular flexibility index (Phi) is 6.74. The number of aryl methyl sites for hydroxylation is 1. The first kappa shape index (κ1) is 20.4. The molecular weight excluding hydrogens is 388 g/mol. The summed E-state index contributed by atoms with van der Waals surface area (Å²) < 4.78 is 34.9. The number of nitrogens with one attached hydrogen (secondary N) is 2. The Morgan fingerprint density at radius 2 is 2.29 bits per heavy atom. The number of likely N-dealkylation sites (tertiary alicyclic amines) is 1. The van der Waals surface area contributed by atoms with Crippen LogP contribution in [0.5, 0.6) is 5.75 Å². The minimum absolute atomic E-state index is 0.202. The minimum atomic E-state index is -2.40. The highest BCUT2D eigenvalue weighted by atomic mass is 32.1. The summed E-state index contributed by atoms with van der Waals surface area (Å²) in [5.41, 5.74) is 1.57. The summed E-state index contributed by atoms with van der Waals surface area (Å²) in [6.45, 7) is 2.45. The van der Waals surface area contributed by atoms with Crippen molar-refractivity contribution in [2.75, 3.05) is 32.1 Å². The largest absolute Gasteiger partial charge is 0.495 e. The van der Waals surface area contributed by atoms with Crippen LogP contribution in [0.2, 0.25) is 0 Å². The van der Waals surface area contributed by atoms with Gasteiger partial charge in [-0.15, -0.1) is 0 Å². The number of ether oxygens (including phenoxy) is 1. The van der Waals surface area contributed by atoms with E-state index in [1.165, 1.54) is 11.5 Å². The van der Waals surface area contributed by atoms with E-state index in [4.69, 9.17) is 4.74 Å². The highest BCUT2D eigenvalue weighted by Gasteiger charge is 2.33. The molecule has 1 saturated heterocycles. The lowest BCUT2D eigenvalue weighted by molar-refractivity contribution is 0.0671. The maximum Gasteiger partial charge on any atom is 0.320 e. The minimum Gasteiger partial charge on any atom is -0.495 e. The number of pyridine rings is 1. The molecule has 3 heterocycles. The second kappa shape index (κ2) is 9.24. The standard InChI is InChI=1S/C18H23F2N5O2S/c1-11-7-17(28-24-11)23-18(26)22-15-5-6-25(10-16(19)20)9-13(15)14-4-3-12(27-2)8-21-14/h3-4,7-8,13,15-16H,5-6,9-10H2,1-2H3,(H2,22,23,26)/t13-,15+/m0/s1. The monoisotopic (exact) mass is 411 g/mol. The molecule has 2 aromatic rings. The summed E-state index contributed by atoms with van der Waals surface area (Å²) in [6, 6.07) is 4.83. The molecule has 0 bridgehead atoms. The van der Waals surface area contributed by atoms with Crippen molar-refractivity contribution in [1.82, 2.24) is 19.6 Å². The van der Waals surface area contributed by atoms with Crippen LogP contribution in [0.25, 0.3) is 0 Å². The van der Waals surface area contributed by atoms with E-state index >= 15 is 0 Å². The first-order valence-corrected chi connectivity index (χ1v) is 9.73. The van der Waals surface area contributed by atoms with Crippen molar-refractivity contribution in [3.63, 3.8) is 0 Å². The number of nitrogens with zero attached hydrogens (tertiary/aromatic N) is 3. The Labute approximate surface area is 166 Å². The average molecular weight is 411 g/mol. The molecule has 0 saturated carbocycles. The molecule has 7 nitrogen and oxygen atoms in total. The molecule has 1 aliphatic rings. The lowest BCUT2D eigenvalue weighted by Gasteiger charge is -2.38. The number of carbonyl (C=O) groups excluding carboxylic acids is 1. The van der Waals surface area contributed by atoms with Gasteiger partial charge in [0.2, 0.25) is 0 Å². The summed E-state index contributed by atoms with van der Waals surface area (Å²) in [4.78, 5) is 18.5. The van der Waals surface area contributed by atoms with E-state index in [9.17, 15) is 13.6 Å². The van der Waals surface area contributed by atoms with Crippen molar-refractivity contribution < 1.29 is 18.3 Å². The Morgan fingerprint density at radius 3 is 2.89 bits per heavy atom. The van der Waals surface area contributed by atoms with E-state index in [1.54, 1.807) is 30.3 Å². The van der Waals surface area contributed by atoms with E-state index in [1.807, 2.05) is 13.0 Å². The number of halogens is 2. The fraction of sp³-hybridized carbons (Fsp3) is 0.500. The lowest BCUT2D eigenvalue weighted by Crippen LogP contribution is -2.51. The first-order chi connectivity index (χ1) is 13.4. The van der Waals surface area contributed by atoms with Crippen molar-refractivity contribution in [2.24, 2.45) is 0 Å². The molecular formula is C18H23F2N5O2S. The summed E-state index contributed by atoms with van der Waals surface area (Å²) in [5.74, 6) is 0.416. The number of piperidine rings is 1. The van der Waals surface area contributed by atoms with Crippen LogP contribution < -0.4 is 15.4 Å². The van der Waals surface area contributed by atoms with Gasteiger partial charge in [0.25, 0.3) is 6.43 Å². The molecule has 2 amide bonds. The molecule has 2 N–H and O–H groups in total. The number of hydrogen-bond donors (Lipinski definition) is 2. The lowest BCUT2D eigenvalue weighted by atomic mass is 9.89. The smallest absolute Gasteiger partial charge is 0.320 e. The van der Waals surface area contributed by atoms with Crippen LogP contribution >= 0.6 is 11.5 Å². The third-order valence-corrected chi connectivity index (χ3v) is 5.45. The molecule has 0 radical (unpaired) electrons. The van der Waals surface area contributed by atoms with Crippen molar-refractivity contribution in [1.29, 1.82) is 0 Å². The van der Waals surface area contributed by atoms with Crippen LogP contribution in [0.3, 0.4) is 0 Å². The van der Waals surface area contributed by atoms with E-state index in [-0.39, 0.29) is 24.5 Å². The van der Waals surface area contributed by atoms with Crippen LogP contribution in [-0.4, -0.2) is 59.5 Å². The molecule has 0 unspecified atom stereocenters. The van der Waals surface area contributed by atoms with E-state index in [0.29, 0.717) is 30.3 Å². The first-order valence-electron chi connectivity index (χ1n) is 8.96. The van der Waals surface area contributed by atoms with E-state index in [0.717, 1.165) is 11.4 Å². The van der Waals surface area contributed by atoms with Gasteiger partial charge in [0.15, 0.2) is 0 Å². The van der Waals surface area contributed by atoms with Gasteiger partial charge < -0.3 is 10.1 Å². The third-order valence-electron chi connectivity index (χ3n) is 4.65. The summed E-state index contributed by atoms with van der Waals surface area (Å²) in [5, 5.41) is 6.40. The molecule has 0 aromatic carbocycles. The third kappa shape index (κ3) is 5.35. The maximum atomic E-state index is 12.8. The van der Waals surface area contributed by atoms with E-state index < -0.39 is 6.43 Å². The highest BCUT2D eigenvalue weighted by Crippen LogP contribution is 2.28. The number of aromatic nitrogens is 2. The average Bonchev–Trinajstić information content (AvgIpc) is 3.07. The molecule has 1 aliphatic heterocycles. The molecule has 2 atom stereocenters. The molecule has 152 valence electrons. The molecule has 0 spiro atoms. The fourth-order valence-electron chi connectivity index (χ4n) is 3.32. The van der Waals surface area contributed by atoms with Gasteiger partial charge in [-0.3, -0.25) is 15.2 Å². The molecule has 2 aromatic heterocycles. The van der Waals surface area contributed by atoms with Gasteiger partial charge in [-0.25, -0.2) is 13.6 Å². The van der Waals surface area contributed by atoms with Crippen LogP contribution in [0.4, 0.5) is 18.6 Å². The fourth-order valence-corrected chi connectivity index (χ4v) is 3.98. The van der Waals surface area contributed by atoms with Crippen molar-refractivity contribution in [3.8, 4) is 5.75 Å². The Hall–Kier alpha value is -2.33. The maximum absolute atomic E-state index is 12.8. The molecule has 0 aliphatic carbocycles. The number of urea groups is 1. The molecule has 10 heteroatoms. The zero-order valence-electron chi connectivity index (χ0n) is 15.7. The quantitative estimate of drug-likeness (QED) is 0.764. The van der Waals surface area contributed by atoms with Crippen LogP contribution in [0.1, 0.15) is 23.7 Å². The highest BCUT2D eigenvalue weighted by molar-refractivity contribution is 7.10. The van der Waals surface area contributed by atoms with Gasteiger partial charge >= 0.3 is 6.03 Å². The van der Waals surface area contributed by atoms with Gasteiger partial charge in [0.05, 0.1) is 25.5 Å². The Morgan fingerprint density at radius 1 is 1.46 bits per heavy atom. The van der Waals surface area contributed by atoms with Gasteiger partial charge in [0.1, 0.15) is 10.8 Å². The molecule has 28 heavy (non-hydrogen) atoms. The van der Waals surface area contributed by atoms with Crippen LogP contribution in [0.15, 0.2) is 24.4 Å². The van der Waals surface area contributed by atoms with Crippen molar-refractivity contribution in [2.45, 2.75) is 31.7 Å². The number of rotatable bonds is 6. The van der Waals surface area contributed by atoms with Crippen LogP contribution in [0, 0.1) is 6.92 Å². The summed E-state index contributed by atoms with van der Waals surface area (Å²) >= 11 is 1.21. The number of alkyl halides is 2. The van der Waals surface area contributed by atoms with Gasteiger partial charge in [-0.2, -0.15) is 4.37 Å². The van der Waals surface area contributed by atoms with E-state index in [2.05, 4.69) is 20.0 Å². The van der Waals surface area contributed by atoms with Gasteiger partial charge in [0, 0.05) is 30.7 Å². The second-order valence-electron chi connectivity index (χ2n) is 6.71. The zero-order valence-corrected chi connectivity index (χ0v) is 16.5. The van der Waals surface area contributed by atoms with Gasteiger partial charge in [-0.1, -0.05) is 0 Å². The van der Waals surface area contributed by atoms with Crippen molar-refractivity contribution >= 4 is 22.6 Å². The van der Waals surface area contributed by atoms with Crippen LogP contribution in [-0.2, 0) is 0 Å². The Bertz CT molecular complexity index is 787.